The summed E-state index contributed by atoms with van der Waals surface area (Å²) in [5.74, 6) is 0.227. The van der Waals surface area contributed by atoms with Crippen molar-refractivity contribution < 1.29 is 5.11 Å². The minimum Gasteiger partial charge on any atom is -0.390 e. The first-order valence-corrected chi connectivity index (χ1v) is 11.7. The molecule has 2 atom stereocenters. The number of aliphatic hydroxyl groups is 1. The van der Waals surface area contributed by atoms with Crippen LogP contribution in [-0.2, 0) is 6.42 Å². The molecule has 0 aliphatic heterocycles. The minimum atomic E-state index is -0.482. The van der Waals surface area contributed by atoms with Gasteiger partial charge in [-0.3, -0.25) is 0 Å². The van der Waals surface area contributed by atoms with Gasteiger partial charge in [-0.1, -0.05) is 112 Å². The van der Waals surface area contributed by atoms with Gasteiger partial charge in [-0.05, 0) is 28.5 Å². The summed E-state index contributed by atoms with van der Waals surface area (Å²) in [6.07, 6.45) is 0.305. The largest absolute Gasteiger partial charge is 0.390 e. The average molecular weight is 431 g/mol. The SMILES string of the molecule is CC(C)(C)CNC[C@@H](O)[C@H](Cc1ccccc1)NCC(c1ccccc1)c1ccccc1. The lowest BCUT2D eigenvalue weighted by Crippen LogP contribution is -2.48. The molecule has 3 aromatic rings. The Morgan fingerprint density at radius 1 is 0.719 bits per heavy atom. The van der Waals surface area contributed by atoms with Gasteiger partial charge in [0.05, 0.1) is 6.10 Å². The third-order valence-electron chi connectivity index (χ3n) is 5.76. The summed E-state index contributed by atoms with van der Waals surface area (Å²) in [5.41, 5.74) is 3.99. The summed E-state index contributed by atoms with van der Waals surface area (Å²) >= 11 is 0. The van der Waals surface area contributed by atoms with Gasteiger partial charge >= 0.3 is 0 Å². The summed E-state index contributed by atoms with van der Waals surface area (Å²) in [7, 11) is 0. The van der Waals surface area contributed by atoms with Crippen molar-refractivity contribution in [1.29, 1.82) is 0 Å². The Balaban J connectivity index is 1.74. The van der Waals surface area contributed by atoms with Crippen LogP contribution in [0.5, 0.6) is 0 Å². The molecule has 3 N–H and O–H groups in total. The van der Waals surface area contributed by atoms with Gasteiger partial charge in [0.1, 0.15) is 0 Å². The molecule has 0 aromatic heterocycles. The van der Waals surface area contributed by atoms with Crippen LogP contribution < -0.4 is 10.6 Å². The van der Waals surface area contributed by atoms with E-state index in [4.69, 9.17) is 0 Å². The molecule has 0 unspecified atom stereocenters. The molecule has 0 aliphatic carbocycles. The van der Waals surface area contributed by atoms with Crippen LogP contribution in [0.1, 0.15) is 43.4 Å². The van der Waals surface area contributed by atoms with Gasteiger partial charge in [-0.15, -0.1) is 0 Å². The van der Waals surface area contributed by atoms with Crippen molar-refractivity contribution in [2.75, 3.05) is 19.6 Å². The van der Waals surface area contributed by atoms with E-state index < -0.39 is 6.10 Å². The fourth-order valence-corrected chi connectivity index (χ4v) is 4.02. The van der Waals surface area contributed by atoms with Crippen LogP contribution in [-0.4, -0.2) is 36.9 Å². The molecular weight excluding hydrogens is 392 g/mol. The second kappa shape index (κ2) is 12.0. The van der Waals surface area contributed by atoms with E-state index in [2.05, 4.69) is 116 Å². The lowest BCUT2D eigenvalue weighted by molar-refractivity contribution is 0.121. The van der Waals surface area contributed by atoms with E-state index in [1.54, 1.807) is 0 Å². The van der Waals surface area contributed by atoms with Crippen LogP contribution in [0.2, 0.25) is 0 Å². The summed E-state index contributed by atoms with van der Waals surface area (Å²) in [6.45, 7) is 8.83. The third kappa shape index (κ3) is 7.90. The van der Waals surface area contributed by atoms with Crippen LogP contribution in [0.25, 0.3) is 0 Å². The van der Waals surface area contributed by atoms with E-state index in [-0.39, 0.29) is 17.4 Å². The Labute approximate surface area is 193 Å². The van der Waals surface area contributed by atoms with Crippen LogP contribution in [0.3, 0.4) is 0 Å². The summed E-state index contributed by atoms with van der Waals surface area (Å²) in [5, 5.41) is 18.3. The molecule has 3 nitrogen and oxygen atoms in total. The molecule has 0 saturated carbocycles. The van der Waals surface area contributed by atoms with Gasteiger partial charge in [0.2, 0.25) is 0 Å². The van der Waals surface area contributed by atoms with Crippen LogP contribution in [0.4, 0.5) is 0 Å². The zero-order valence-corrected chi connectivity index (χ0v) is 19.7. The molecule has 0 amide bonds. The standard InChI is InChI=1S/C29H38N2O/c1-29(2,3)22-30-21-28(32)27(19-23-13-7-4-8-14-23)31-20-26(24-15-9-5-10-16-24)25-17-11-6-12-18-25/h4-18,26-28,30-32H,19-22H2,1-3H3/t27-,28+/m0/s1. The Morgan fingerprint density at radius 2 is 1.22 bits per heavy atom. The van der Waals surface area contributed by atoms with Crippen molar-refractivity contribution in [2.45, 2.75) is 45.3 Å². The molecule has 3 rings (SSSR count). The first kappa shape index (κ1) is 24.2. The highest BCUT2D eigenvalue weighted by atomic mass is 16.3. The second-order valence-electron chi connectivity index (χ2n) is 9.84. The highest BCUT2D eigenvalue weighted by Gasteiger charge is 2.23. The molecule has 0 spiro atoms. The van der Waals surface area contributed by atoms with Crippen molar-refractivity contribution in [3.05, 3.63) is 108 Å². The molecule has 0 heterocycles. The van der Waals surface area contributed by atoms with Gasteiger partial charge in [0, 0.05) is 31.6 Å². The maximum absolute atomic E-state index is 11.1. The Kier molecular flexibility index (Phi) is 9.04. The number of rotatable bonds is 11. The molecule has 0 bridgehead atoms. The predicted octanol–water partition coefficient (Wildman–Crippen LogP) is 5.02. The molecule has 32 heavy (non-hydrogen) atoms. The van der Waals surface area contributed by atoms with E-state index in [1.165, 1.54) is 16.7 Å². The van der Waals surface area contributed by atoms with Gasteiger partial charge in [0.15, 0.2) is 0 Å². The molecule has 0 saturated heterocycles. The lowest BCUT2D eigenvalue weighted by atomic mass is 9.90. The van der Waals surface area contributed by atoms with Crippen LogP contribution in [0, 0.1) is 5.41 Å². The van der Waals surface area contributed by atoms with Crippen LogP contribution >= 0.6 is 0 Å². The molecule has 0 aliphatic rings. The number of aliphatic hydroxyl groups excluding tert-OH is 1. The molecule has 3 aromatic carbocycles. The van der Waals surface area contributed by atoms with Gasteiger partial charge in [0.25, 0.3) is 0 Å². The Bertz CT molecular complexity index is 851. The van der Waals surface area contributed by atoms with Gasteiger partial charge in [-0.2, -0.15) is 0 Å². The monoisotopic (exact) mass is 430 g/mol. The first-order chi connectivity index (χ1) is 15.4. The van der Waals surface area contributed by atoms with E-state index in [0.717, 1.165) is 19.5 Å². The minimum absolute atomic E-state index is 0.0419. The maximum atomic E-state index is 11.1. The molecule has 0 radical (unpaired) electrons. The van der Waals surface area contributed by atoms with Gasteiger partial charge in [-0.25, -0.2) is 0 Å². The lowest BCUT2D eigenvalue weighted by Gasteiger charge is -2.29. The summed E-state index contributed by atoms with van der Waals surface area (Å²) in [4.78, 5) is 0. The summed E-state index contributed by atoms with van der Waals surface area (Å²) < 4.78 is 0. The number of benzene rings is 3. The smallest absolute Gasteiger partial charge is 0.0820 e. The van der Waals surface area contributed by atoms with Crippen LogP contribution in [0.15, 0.2) is 91.0 Å². The quantitative estimate of drug-likeness (QED) is 0.400. The fourth-order valence-electron chi connectivity index (χ4n) is 4.02. The highest BCUT2D eigenvalue weighted by molar-refractivity contribution is 5.33. The number of hydrogen-bond acceptors (Lipinski definition) is 3. The van der Waals surface area contributed by atoms with Crippen molar-refractivity contribution >= 4 is 0 Å². The second-order valence-corrected chi connectivity index (χ2v) is 9.84. The number of nitrogens with one attached hydrogen (secondary N) is 2. The van der Waals surface area contributed by atoms with E-state index in [0.29, 0.717) is 6.54 Å². The fraction of sp³-hybridized carbons (Fsp3) is 0.379. The van der Waals surface area contributed by atoms with Crippen molar-refractivity contribution in [3.8, 4) is 0 Å². The zero-order valence-electron chi connectivity index (χ0n) is 19.7. The molecule has 0 fully saturated rings. The highest BCUT2D eigenvalue weighted by Crippen LogP contribution is 2.24. The maximum Gasteiger partial charge on any atom is 0.0820 e. The number of hydrogen-bond donors (Lipinski definition) is 3. The molecule has 170 valence electrons. The summed E-state index contributed by atoms with van der Waals surface area (Å²) in [6, 6.07) is 31.6. The Hall–Kier alpha value is -2.46. The van der Waals surface area contributed by atoms with E-state index in [9.17, 15) is 5.11 Å². The van der Waals surface area contributed by atoms with Gasteiger partial charge < -0.3 is 15.7 Å². The first-order valence-electron chi connectivity index (χ1n) is 11.7. The van der Waals surface area contributed by atoms with Crippen molar-refractivity contribution in [3.63, 3.8) is 0 Å². The average Bonchev–Trinajstić information content (AvgIpc) is 2.79. The van der Waals surface area contributed by atoms with Crippen molar-refractivity contribution in [1.82, 2.24) is 10.6 Å². The topological polar surface area (TPSA) is 44.3 Å². The normalized spacial score (nSPS) is 13.8. The molecule has 3 heteroatoms. The third-order valence-corrected chi connectivity index (χ3v) is 5.76. The predicted molar refractivity (Wildman–Crippen MR) is 135 cm³/mol. The Morgan fingerprint density at radius 3 is 1.72 bits per heavy atom. The zero-order chi connectivity index (χ0) is 22.8. The van der Waals surface area contributed by atoms with E-state index >= 15 is 0 Å². The molecular formula is C29H38N2O. The van der Waals surface area contributed by atoms with E-state index in [1.807, 2.05) is 6.07 Å². The van der Waals surface area contributed by atoms with Crippen molar-refractivity contribution in [2.24, 2.45) is 5.41 Å².